The predicted octanol–water partition coefficient (Wildman–Crippen LogP) is 1.61. The van der Waals surface area contributed by atoms with Crippen LogP contribution in [-0.4, -0.2) is 48.3 Å². The molecule has 2 atom stereocenters. The zero-order valence-corrected chi connectivity index (χ0v) is 11.4. The van der Waals surface area contributed by atoms with Crippen molar-refractivity contribution in [3.05, 3.63) is 0 Å². The molecular formula is C14H28N2O. The number of aliphatic hydroxyl groups is 1. The maximum atomic E-state index is 9.05. The lowest BCUT2D eigenvalue weighted by Crippen LogP contribution is -2.47. The van der Waals surface area contributed by atoms with Crippen LogP contribution < -0.4 is 5.32 Å². The van der Waals surface area contributed by atoms with E-state index in [1.807, 2.05) is 0 Å². The number of nitrogens with one attached hydrogen (secondary N) is 1. The minimum absolute atomic E-state index is 0.219. The van der Waals surface area contributed by atoms with Gasteiger partial charge in [0.25, 0.3) is 0 Å². The fraction of sp³-hybridized carbons (Fsp3) is 1.00. The second-order valence-corrected chi connectivity index (χ2v) is 6.51. The molecule has 0 aromatic heterocycles. The van der Waals surface area contributed by atoms with Crippen molar-refractivity contribution in [3.63, 3.8) is 0 Å². The van der Waals surface area contributed by atoms with Crippen molar-refractivity contribution in [3.8, 4) is 0 Å². The third-order valence-electron chi connectivity index (χ3n) is 4.49. The highest BCUT2D eigenvalue weighted by Crippen LogP contribution is 2.28. The standard InChI is InChI=1S/C14H28N2O/c1-14(2,7-10-17)11-15-12-6-9-16-8-4-3-5-13(12)16/h12-13,15,17H,3-11H2,1-2H3. The molecule has 0 spiro atoms. The van der Waals surface area contributed by atoms with Crippen molar-refractivity contribution in [1.29, 1.82) is 0 Å². The molecule has 2 aliphatic heterocycles. The molecule has 0 saturated carbocycles. The largest absolute Gasteiger partial charge is 0.396 e. The van der Waals surface area contributed by atoms with Gasteiger partial charge in [-0.15, -0.1) is 0 Å². The zero-order chi connectivity index (χ0) is 12.3. The van der Waals surface area contributed by atoms with E-state index in [2.05, 4.69) is 24.1 Å². The van der Waals surface area contributed by atoms with E-state index in [1.54, 1.807) is 0 Å². The molecule has 2 rings (SSSR count). The summed E-state index contributed by atoms with van der Waals surface area (Å²) in [5.74, 6) is 0. The molecule has 0 aromatic carbocycles. The number of rotatable bonds is 5. The third-order valence-corrected chi connectivity index (χ3v) is 4.49. The number of hydrogen-bond donors (Lipinski definition) is 2. The minimum Gasteiger partial charge on any atom is -0.396 e. The molecule has 3 heteroatoms. The number of piperidine rings is 1. The summed E-state index contributed by atoms with van der Waals surface area (Å²) in [7, 11) is 0. The molecule has 0 radical (unpaired) electrons. The molecule has 2 unspecified atom stereocenters. The van der Waals surface area contributed by atoms with Gasteiger partial charge in [0.05, 0.1) is 0 Å². The quantitative estimate of drug-likeness (QED) is 0.766. The monoisotopic (exact) mass is 240 g/mol. The van der Waals surface area contributed by atoms with Gasteiger partial charge < -0.3 is 10.4 Å². The molecule has 0 bridgehead atoms. The molecule has 3 nitrogen and oxygen atoms in total. The van der Waals surface area contributed by atoms with Crippen LogP contribution in [0.3, 0.4) is 0 Å². The van der Waals surface area contributed by atoms with Crippen molar-refractivity contribution in [2.75, 3.05) is 26.2 Å². The van der Waals surface area contributed by atoms with Gasteiger partial charge in [-0.05, 0) is 37.6 Å². The lowest BCUT2D eigenvalue weighted by atomic mass is 9.89. The molecular weight excluding hydrogens is 212 g/mol. The molecule has 0 aromatic rings. The second-order valence-electron chi connectivity index (χ2n) is 6.51. The van der Waals surface area contributed by atoms with Gasteiger partial charge in [-0.2, -0.15) is 0 Å². The van der Waals surface area contributed by atoms with E-state index in [-0.39, 0.29) is 5.41 Å². The first-order valence-corrected chi connectivity index (χ1v) is 7.21. The minimum atomic E-state index is 0.219. The van der Waals surface area contributed by atoms with E-state index >= 15 is 0 Å². The second kappa shape index (κ2) is 5.68. The Kier molecular flexibility index (Phi) is 4.45. The maximum absolute atomic E-state index is 9.05. The maximum Gasteiger partial charge on any atom is 0.0436 e. The molecule has 2 heterocycles. The van der Waals surface area contributed by atoms with E-state index in [1.165, 1.54) is 38.8 Å². The van der Waals surface area contributed by atoms with E-state index in [9.17, 15) is 0 Å². The summed E-state index contributed by atoms with van der Waals surface area (Å²) in [6.07, 6.45) is 6.36. The van der Waals surface area contributed by atoms with Crippen LogP contribution in [0.4, 0.5) is 0 Å². The van der Waals surface area contributed by atoms with Crippen molar-refractivity contribution in [2.45, 2.75) is 58.0 Å². The highest BCUT2D eigenvalue weighted by Gasteiger charge is 2.35. The molecule has 2 saturated heterocycles. The highest BCUT2D eigenvalue weighted by molar-refractivity contribution is 4.94. The Hall–Kier alpha value is -0.120. The van der Waals surface area contributed by atoms with Crippen molar-refractivity contribution in [1.82, 2.24) is 10.2 Å². The van der Waals surface area contributed by atoms with Gasteiger partial charge in [-0.25, -0.2) is 0 Å². The lowest BCUT2D eigenvalue weighted by Gasteiger charge is -2.34. The molecule has 17 heavy (non-hydrogen) atoms. The van der Waals surface area contributed by atoms with Crippen LogP contribution in [0.1, 0.15) is 46.0 Å². The van der Waals surface area contributed by atoms with Crippen LogP contribution in [0.25, 0.3) is 0 Å². The molecule has 2 fully saturated rings. The fourth-order valence-corrected chi connectivity index (χ4v) is 3.28. The summed E-state index contributed by atoms with van der Waals surface area (Å²) in [6, 6.07) is 1.47. The molecule has 0 aliphatic carbocycles. The van der Waals surface area contributed by atoms with Gasteiger partial charge in [0.15, 0.2) is 0 Å². The Bertz CT molecular complexity index is 242. The van der Waals surface area contributed by atoms with Gasteiger partial charge in [0.1, 0.15) is 0 Å². The van der Waals surface area contributed by atoms with Crippen molar-refractivity contribution >= 4 is 0 Å². The van der Waals surface area contributed by atoms with Gasteiger partial charge >= 0.3 is 0 Å². The fourth-order valence-electron chi connectivity index (χ4n) is 3.28. The normalized spacial score (nSPS) is 30.5. The third kappa shape index (κ3) is 3.43. The Balaban J connectivity index is 1.79. The van der Waals surface area contributed by atoms with Gasteiger partial charge in [-0.1, -0.05) is 20.3 Å². The summed E-state index contributed by atoms with van der Waals surface area (Å²) in [6.45, 7) is 8.40. The van der Waals surface area contributed by atoms with Crippen LogP contribution in [0, 0.1) is 5.41 Å². The number of nitrogens with zero attached hydrogens (tertiary/aromatic N) is 1. The van der Waals surface area contributed by atoms with Gasteiger partial charge in [0, 0.05) is 31.8 Å². The number of hydrogen-bond acceptors (Lipinski definition) is 3. The Morgan fingerprint density at radius 3 is 2.82 bits per heavy atom. The molecule has 100 valence electrons. The Labute approximate surface area is 106 Å². The van der Waals surface area contributed by atoms with Crippen molar-refractivity contribution in [2.24, 2.45) is 5.41 Å². The first kappa shape index (κ1) is 13.3. The topological polar surface area (TPSA) is 35.5 Å². The van der Waals surface area contributed by atoms with E-state index in [4.69, 9.17) is 5.11 Å². The van der Waals surface area contributed by atoms with Crippen LogP contribution in [0.5, 0.6) is 0 Å². The molecule has 2 N–H and O–H groups in total. The molecule has 0 amide bonds. The van der Waals surface area contributed by atoms with Crippen LogP contribution in [0.2, 0.25) is 0 Å². The Morgan fingerprint density at radius 1 is 1.24 bits per heavy atom. The lowest BCUT2D eigenvalue weighted by molar-refractivity contribution is 0.166. The van der Waals surface area contributed by atoms with E-state index < -0.39 is 0 Å². The van der Waals surface area contributed by atoms with Crippen LogP contribution in [0.15, 0.2) is 0 Å². The summed E-state index contributed by atoms with van der Waals surface area (Å²) < 4.78 is 0. The zero-order valence-electron chi connectivity index (χ0n) is 11.4. The predicted molar refractivity (Wildman–Crippen MR) is 71.1 cm³/mol. The highest BCUT2D eigenvalue weighted by atomic mass is 16.3. The summed E-state index contributed by atoms with van der Waals surface area (Å²) in [5.41, 5.74) is 0.219. The van der Waals surface area contributed by atoms with Crippen LogP contribution in [-0.2, 0) is 0 Å². The number of aliphatic hydroxyl groups excluding tert-OH is 1. The summed E-state index contributed by atoms with van der Waals surface area (Å²) in [5, 5.41) is 12.8. The average molecular weight is 240 g/mol. The average Bonchev–Trinajstić information content (AvgIpc) is 2.70. The summed E-state index contributed by atoms with van der Waals surface area (Å²) >= 11 is 0. The Morgan fingerprint density at radius 2 is 2.06 bits per heavy atom. The van der Waals surface area contributed by atoms with Crippen molar-refractivity contribution < 1.29 is 5.11 Å². The van der Waals surface area contributed by atoms with Gasteiger partial charge in [-0.3, -0.25) is 4.90 Å². The van der Waals surface area contributed by atoms with E-state index in [0.29, 0.717) is 12.6 Å². The number of fused-ring (bicyclic) bond motifs is 1. The van der Waals surface area contributed by atoms with Gasteiger partial charge in [0.2, 0.25) is 0 Å². The summed E-state index contributed by atoms with van der Waals surface area (Å²) in [4.78, 5) is 2.67. The first-order chi connectivity index (χ1) is 8.12. The SMILES string of the molecule is CC(C)(CCO)CNC1CCN2CCCCC12. The van der Waals surface area contributed by atoms with Crippen LogP contribution >= 0.6 is 0 Å². The van der Waals surface area contributed by atoms with E-state index in [0.717, 1.165) is 19.0 Å². The molecule has 2 aliphatic rings. The smallest absolute Gasteiger partial charge is 0.0436 e. The first-order valence-electron chi connectivity index (χ1n) is 7.21.